The minimum absolute atomic E-state index is 0.0251. The van der Waals surface area contributed by atoms with Crippen molar-refractivity contribution in [2.75, 3.05) is 39.3 Å². The number of hydrogen-bond acceptors (Lipinski definition) is 8. The highest BCUT2D eigenvalue weighted by molar-refractivity contribution is 5.93. The molecule has 0 radical (unpaired) electrons. The number of carbonyl (C=O) groups is 7. The van der Waals surface area contributed by atoms with Crippen LogP contribution in [0, 0.1) is 23.7 Å². The van der Waals surface area contributed by atoms with Crippen LogP contribution in [-0.4, -0.2) is 92.7 Å². The third-order valence-corrected chi connectivity index (χ3v) is 6.82. The van der Waals surface area contributed by atoms with Crippen LogP contribution in [0.1, 0.15) is 67.7 Å². The van der Waals surface area contributed by atoms with Gasteiger partial charge in [0, 0.05) is 19.5 Å². The van der Waals surface area contributed by atoms with E-state index in [4.69, 9.17) is 5.73 Å². The first kappa shape index (κ1) is 40.2. The number of rotatable bonds is 21. The third kappa shape index (κ3) is 18.7. The topological polar surface area (TPSA) is 230 Å². The summed E-state index contributed by atoms with van der Waals surface area (Å²) in [5.41, 5.74) is 5.73. The fraction of sp³-hybridized carbons (Fsp3) is 0.759. The van der Waals surface area contributed by atoms with E-state index in [1.807, 2.05) is 20.8 Å². The van der Waals surface area contributed by atoms with Crippen LogP contribution in [0.25, 0.3) is 0 Å². The molecule has 9 N–H and O–H groups in total. The van der Waals surface area contributed by atoms with Crippen molar-refractivity contribution in [2.45, 2.75) is 79.8 Å². The molecular weight excluding hydrogens is 572 g/mol. The number of nitrogens with two attached hydrogens (primary N) is 1. The molecule has 0 bridgehead atoms. The van der Waals surface area contributed by atoms with E-state index in [0.29, 0.717) is 18.4 Å². The van der Waals surface area contributed by atoms with Crippen LogP contribution in [0.15, 0.2) is 0 Å². The van der Waals surface area contributed by atoms with Gasteiger partial charge in [0.25, 0.3) is 0 Å². The van der Waals surface area contributed by atoms with E-state index in [2.05, 4.69) is 51.1 Å². The summed E-state index contributed by atoms with van der Waals surface area (Å²) in [4.78, 5) is 85.1. The van der Waals surface area contributed by atoms with Crippen LogP contribution in [0.5, 0.6) is 0 Å². The summed E-state index contributed by atoms with van der Waals surface area (Å²) in [5, 5.41) is 17.5. The molecule has 252 valence electrons. The van der Waals surface area contributed by atoms with Crippen molar-refractivity contribution in [3.63, 3.8) is 0 Å². The summed E-state index contributed by atoms with van der Waals surface area (Å²) >= 11 is 0. The summed E-state index contributed by atoms with van der Waals surface area (Å²) in [6.45, 7) is 12.7. The Morgan fingerprint density at radius 1 is 0.591 bits per heavy atom. The first-order valence-corrected chi connectivity index (χ1v) is 15.2. The lowest BCUT2D eigenvalue weighted by molar-refractivity contribution is -0.131. The quantitative estimate of drug-likeness (QED) is 0.0728. The van der Waals surface area contributed by atoms with Crippen LogP contribution in [0.4, 0.5) is 0 Å². The molecule has 7 amide bonds. The molecule has 0 aromatic rings. The van der Waals surface area contributed by atoms with Crippen LogP contribution in [0.3, 0.4) is 0 Å². The molecule has 15 heteroatoms. The minimum atomic E-state index is -0.962. The Balaban J connectivity index is 4.49. The van der Waals surface area contributed by atoms with Gasteiger partial charge < -0.3 is 43.0 Å². The van der Waals surface area contributed by atoms with Gasteiger partial charge in [-0.25, -0.2) is 0 Å². The Kier molecular flexibility index (Phi) is 20.0. The molecule has 0 spiro atoms. The molecule has 0 aliphatic carbocycles. The zero-order chi connectivity index (χ0) is 33.8. The minimum Gasteiger partial charge on any atom is -0.354 e. The van der Waals surface area contributed by atoms with Gasteiger partial charge >= 0.3 is 0 Å². The van der Waals surface area contributed by atoms with Crippen molar-refractivity contribution >= 4 is 41.4 Å². The summed E-state index contributed by atoms with van der Waals surface area (Å²) in [6.07, 6.45) is 1.14. The molecule has 0 rings (SSSR count). The molecule has 0 saturated heterocycles. The monoisotopic (exact) mass is 626 g/mol. The van der Waals surface area contributed by atoms with E-state index in [-0.39, 0.29) is 62.7 Å². The van der Waals surface area contributed by atoms with Gasteiger partial charge in [-0.3, -0.25) is 33.6 Å². The highest BCUT2D eigenvalue weighted by Gasteiger charge is 2.23. The molecule has 0 aromatic carbocycles. The Hall–Kier alpha value is -3.75. The smallest absolute Gasteiger partial charge is 0.243 e. The van der Waals surface area contributed by atoms with Gasteiger partial charge in [0.1, 0.15) is 6.04 Å². The second-order valence-electron chi connectivity index (χ2n) is 11.8. The van der Waals surface area contributed by atoms with E-state index in [1.54, 1.807) is 13.8 Å². The molecule has 3 atom stereocenters. The third-order valence-electron chi connectivity index (χ3n) is 6.82. The largest absolute Gasteiger partial charge is 0.354 e. The standard InChI is InChI=1S/C29H54N8O7/c1-8-20(18(4)5)12-32-23(39)14-34-25(41)15-36-28(43)21(11-17(2)3)37-26(42)16-35-24(40)13-33-22(38)9-10-31-29(44)27(30)19(6)7/h17-21,27H,8-16,30H2,1-7H3,(H,31,44)(H,32,39)(H,33,38)(H,34,41)(H,35,40)(H,36,43)(H,37,42)/t20?,21-,27?/m1/s1. The first-order valence-electron chi connectivity index (χ1n) is 15.2. The maximum atomic E-state index is 12.7. The molecule has 15 nitrogen and oxygen atoms in total. The van der Waals surface area contributed by atoms with Crippen molar-refractivity contribution in [3.8, 4) is 0 Å². The van der Waals surface area contributed by atoms with E-state index in [0.717, 1.165) is 6.42 Å². The fourth-order valence-corrected chi connectivity index (χ4v) is 3.87. The van der Waals surface area contributed by atoms with Crippen molar-refractivity contribution in [3.05, 3.63) is 0 Å². The fourth-order valence-electron chi connectivity index (χ4n) is 3.87. The highest BCUT2D eigenvalue weighted by Crippen LogP contribution is 2.13. The average molecular weight is 627 g/mol. The molecule has 0 heterocycles. The lowest BCUT2D eigenvalue weighted by Crippen LogP contribution is -2.52. The van der Waals surface area contributed by atoms with Gasteiger partial charge in [0.15, 0.2) is 0 Å². The molecule has 44 heavy (non-hydrogen) atoms. The van der Waals surface area contributed by atoms with Crippen LogP contribution in [0.2, 0.25) is 0 Å². The van der Waals surface area contributed by atoms with Crippen LogP contribution in [-0.2, 0) is 33.6 Å². The van der Waals surface area contributed by atoms with Crippen molar-refractivity contribution in [1.29, 1.82) is 0 Å². The van der Waals surface area contributed by atoms with Gasteiger partial charge in [0.2, 0.25) is 41.4 Å². The summed E-state index contributed by atoms with van der Waals surface area (Å²) in [7, 11) is 0. The second-order valence-corrected chi connectivity index (χ2v) is 11.8. The van der Waals surface area contributed by atoms with Gasteiger partial charge in [-0.2, -0.15) is 0 Å². The van der Waals surface area contributed by atoms with Crippen molar-refractivity contribution in [1.82, 2.24) is 37.2 Å². The zero-order valence-corrected chi connectivity index (χ0v) is 27.3. The van der Waals surface area contributed by atoms with Crippen molar-refractivity contribution < 1.29 is 33.6 Å². The molecule has 0 aliphatic rings. The van der Waals surface area contributed by atoms with Gasteiger partial charge in [0.05, 0.1) is 32.2 Å². The maximum Gasteiger partial charge on any atom is 0.243 e. The average Bonchev–Trinajstić information content (AvgIpc) is 2.95. The number of nitrogens with one attached hydrogen (secondary N) is 7. The Labute approximate surface area is 260 Å². The molecule has 0 fully saturated rings. The summed E-state index contributed by atoms with van der Waals surface area (Å²) in [6, 6.07) is -1.64. The Morgan fingerprint density at radius 3 is 1.59 bits per heavy atom. The zero-order valence-electron chi connectivity index (χ0n) is 27.3. The summed E-state index contributed by atoms with van der Waals surface area (Å²) < 4.78 is 0. The van der Waals surface area contributed by atoms with Crippen molar-refractivity contribution in [2.24, 2.45) is 29.4 Å². The molecule has 0 saturated carbocycles. The number of carbonyl (C=O) groups excluding carboxylic acids is 7. The first-order chi connectivity index (χ1) is 20.6. The SMILES string of the molecule is CCC(CNC(=O)CNC(=O)CNC(=O)[C@@H](CC(C)C)NC(=O)CNC(=O)CNC(=O)CCNC(=O)C(N)C(C)C)C(C)C. The molecular formula is C29H54N8O7. The van der Waals surface area contributed by atoms with Gasteiger partial charge in [-0.15, -0.1) is 0 Å². The molecule has 0 aromatic heterocycles. The van der Waals surface area contributed by atoms with E-state index in [9.17, 15) is 33.6 Å². The van der Waals surface area contributed by atoms with E-state index >= 15 is 0 Å². The van der Waals surface area contributed by atoms with E-state index < -0.39 is 48.2 Å². The predicted molar refractivity (Wildman–Crippen MR) is 165 cm³/mol. The number of hydrogen-bond donors (Lipinski definition) is 8. The normalized spacial score (nSPS) is 13.0. The second kappa shape index (κ2) is 21.9. The van der Waals surface area contributed by atoms with Gasteiger partial charge in [-0.05, 0) is 30.1 Å². The number of amides is 7. The Bertz CT molecular complexity index is 971. The van der Waals surface area contributed by atoms with E-state index in [1.165, 1.54) is 0 Å². The lowest BCUT2D eigenvalue weighted by atomic mass is 9.93. The molecule has 0 aliphatic heterocycles. The molecule has 2 unspecified atom stereocenters. The van der Waals surface area contributed by atoms with Crippen LogP contribution < -0.4 is 43.0 Å². The van der Waals surface area contributed by atoms with Crippen LogP contribution >= 0.6 is 0 Å². The highest BCUT2D eigenvalue weighted by atomic mass is 16.2. The predicted octanol–water partition coefficient (Wildman–Crippen LogP) is -1.73. The van der Waals surface area contributed by atoms with Gasteiger partial charge in [-0.1, -0.05) is 54.9 Å². The maximum absolute atomic E-state index is 12.7. The Morgan fingerprint density at radius 2 is 1.09 bits per heavy atom. The summed E-state index contributed by atoms with van der Waals surface area (Å²) in [5.74, 6) is -2.85. The lowest BCUT2D eigenvalue weighted by Gasteiger charge is -2.20.